The SMILES string of the molecule is N=C1C=CCC=C1O. The van der Waals surface area contributed by atoms with Crippen molar-refractivity contribution in [2.24, 2.45) is 0 Å². The van der Waals surface area contributed by atoms with Gasteiger partial charge in [0, 0.05) is 0 Å². The van der Waals surface area contributed by atoms with Gasteiger partial charge in [-0.05, 0) is 18.6 Å². The van der Waals surface area contributed by atoms with Crippen LogP contribution in [-0.2, 0) is 0 Å². The summed E-state index contributed by atoms with van der Waals surface area (Å²) in [5.41, 5.74) is 0.205. The van der Waals surface area contributed by atoms with E-state index in [2.05, 4.69) is 0 Å². The molecule has 0 saturated carbocycles. The normalized spacial score (nSPS) is 18.5. The third kappa shape index (κ3) is 0.780. The Kier molecular flexibility index (Phi) is 1.16. The Morgan fingerprint density at radius 2 is 2.38 bits per heavy atom. The predicted molar refractivity (Wildman–Crippen MR) is 32.2 cm³/mol. The molecule has 0 aromatic heterocycles. The summed E-state index contributed by atoms with van der Waals surface area (Å²) in [7, 11) is 0. The van der Waals surface area contributed by atoms with Crippen LogP contribution >= 0.6 is 0 Å². The van der Waals surface area contributed by atoms with Gasteiger partial charge in [-0.25, -0.2) is 0 Å². The number of aliphatic hydroxyl groups is 1. The van der Waals surface area contributed by atoms with Gasteiger partial charge in [-0.15, -0.1) is 0 Å². The van der Waals surface area contributed by atoms with Crippen molar-refractivity contribution in [2.75, 3.05) is 0 Å². The summed E-state index contributed by atoms with van der Waals surface area (Å²) in [6, 6.07) is 0. The largest absolute Gasteiger partial charge is 0.506 e. The van der Waals surface area contributed by atoms with Crippen LogP contribution in [0.4, 0.5) is 0 Å². The van der Waals surface area contributed by atoms with Crippen LogP contribution in [0.2, 0.25) is 0 Å². The zero-order valence-corrected chi connectivity index (χ0v) is 4.39. The lowest BCUT2D eigenvalue weighted by atomic mass is 10.1. The minimum absolute atomic E-state index is 0.0903. The van der Waals surface area contributed by atoms with Gasteiger partial charge < -0.3 is 5.11 Å². The molecule has 0 aromatic rings. The summed E-state index contributed by atoms with van der Waals surface area (Å²) >= 11 is 0. The molecular weight excluding hydrogens is 102 g/mol. The van der Waals surface area contributed by atoms with E-state index in [9.17, 15) is 0 Å². The monoisotopic (exact) mass is 109 g/mol. The molecule has 0 heterocycles. The highest BCUT2D eigenvalue weighted by Crippen LogP contribution is 2.02. The Balaban J connectivity index is 2.78. The molecule has 0 fully saturated rings. The average molecular weight is 109 g/mol. The molecule has 2 nitrogen and oxygen atoms in total. The molecule has 8 heavy (non-hydrogen) atoms. The zero-order chi connectivity index (χ0) is 5.98. The fraction of sp³-hybridized carbons (Fsp3) is 0.167. The van der Waals surface area contributed by atoms with Crippen molar-refractivity contribution in [2.45, 2.75) is 6.42 Å². The Labute approximate surface area is 47.7 Å². The minimum atomic E-state index is 0.0903. The Bertz CT molecular complexity index is 167. The molecule has 0 bridgehead atoms. The molecule has 0 amide bonds. The van der Waals surface area contributed by atoms with Gasteiger partial charge in [-0.1, -0.05) is 6.08 Å². The first-order valence-corrected chi connectivity index (χ1v) is 2.45. The van der Waals surface area contributed by atoms with E-state index in [1.54, 1.807) is 12.2 Å². The van der Waals surface area contributed by atoms with Crippen molar-refractivity contribution >= 4 is 5.71 Å². The van der Waals surface area contributed by atoms with E-state index in [1.165, 1.54) is 0 Å². The lowest BCUT2D eigenvalue weighted by molar-refractivity contribution is 0.440. The molecule has 0 saturated heterocycles. The number of hydrogen-bond acceptors (Lipinski definition) is 2. The second-order valence-electron chi connectivity index (χ2n) is 1.64. The summed E-state index contributed by atoms with van der Waals surface area (Å²) in [5, 5.41) is 15.8. The van der Waals surface area contributed by atoms with E-state index in [4.69, 9.17) is 10.5 Å². The molecule has 1 rings (SSSR count). The van der Waals surface area contributed by atoms with Crippen molar-refractivity contribution in [3.8, 4) is 0 Å². The van der Waals surface area contributed by atoms with Gasteiger partial charge in [0.15, 0.2) is 0 Å². The lowest BCUT2D eigenvalue weighted by Gasteiger charge is -1.99. The average Bonchev–Trinajstić information content (AvgIpc) is 1.77. The molecule has 2 heteroatoms. The van der Waals surface area contributed by atoms with Gasteiger partial charge in [0.25, 0.3) is 0 Å². The highest BCUT2D eigenvalue weighted by Gasteiger charge is 1.99. The molecule has 2 N–H and O–H groups in total. The maximum absolute atomic E-state index is 8.76. The first kappa shape index (κ1) is 5.09. The summed E-state index contributed by atoms with van der Waals surface area (Å²) in [6.07, 6.45) is 5.79. The molecule has 0 aliphatic heterocycles. The van der Waals surface area contributed by atoms with E-state index in [0.717, 1.165) is 6.42 Å². The third-order valence-corrected chi connectivity index (χ3v) is 1.01. The molecule has 0 unspecified atom stereocenters. The first-order valence-electron chi connectivity index (χ1n) is 2.45. The van der Waals surface area contributed by atoms with Crippen LogP contribution < -0.4 is 0 Å². The number of aliphatic hydroxyl groups excluding tert-OH is 1. The number of allylic oxidation sites excluding steroid dienone is 3. The van der Waals surface area contributed by atoms with Crippen molar-refractivity contribution in [1.29, 1.82) is 5.41 Å². The van der Waals surface area contributed by atoms with Crippen LogP contribution in [0.1, 0.15) is 6.42 Å². The Morgan fingerprint density at radius 1 is 1.62 bits per heavy atom. The van der Waals surface area contributed by atoms with Crippen LogP contribution in [0.15, 0.2) is 24.0 Å². The lowest BCUT2D eigenvalue weighted by Crippen LogP contribution is -1.98. The fourth-order valence-electron chi connectivity index (χ4n) is 0.561. The first-order chi connectivity index (χ1) is 3.80. The van der Waals surface area contributed by atoms with Gasteiger partial charge in [0.1, 0.15) is 5.76 Å². The maximum Gasteiger partial charge on any atom is 0.136 e. The molecule has 0 atom stereocenters. The van der Waals surface area contributed by atoms with E-state index in [-0.39, 0.29) is 11.5 Å². The summed E-state index contributed by atoms with van der Waals surface area (Å²) in [4.78, 5) is 0. The van der Waals surface area contributed by atoms with Crippen LogP contribution in [-0.4, -0.2) is 10.8 Å². The number of hydrogen-bond donors (Lipinski definition) is 2. The molecule has 0 aromatic carbocycles. The van der Waals surface area contributed by atoms with Crippen LogP contribution in [0.5, 0.6) is 0 Å². The van der Waals surface area contributed by atoms with Crippen molar-refractivity contribution in [3.63, 3.8) is 0 Å². The Hall–Kier alpha value is -1.05. The van der Waals surface area contributed by atoms with E-state index in [0.29, 0.717) is 0 Å². The molecular formula is C6H7NO. The van der Waals surface area contributed by atoms with Crippen molar-refractivity contribution in [3.05, 3.63) is 24.0 Å². The Morgan fingerprint density at radius 3 is 2.75 bits per heavy atom. The van der Waals surface area contributed by atoms with E-state index < -0.39 is 0 Å². The topological polar surface area (TPSA) is 44.1 Å². The van der Waals surface area contributed by atoms with Crippen molar-refractivity contribution in [1.82, 2.24) is 0 Å². The third-order valence-electron chi connectivity index (χ3n) is 1.01. The number of rotatable bonds is 0. The van der Waals surface area contributed by atoms with Crippen LogP contribution in [0, 0.1) is 5.41 Å². The van der Waals surface area contributed by atoms with Gasteiger partial charge in [-0.2, -0.15) is 0 Å². The number of nitrogens with one attached hydrogen (secondary N) is 1. The minimum Gasteiger partial charge on any atom is -0.506 e. The van der Waals surface area contributed by atoms with E-state index in [1.807, 2.05) is 6.08 Å². The van der Waals surface area contributed by atoms with Crippen molar-refractivity contribution < 1.29 is 5.11 Å². The van der Waals surface area contributed by atoms with Gasteiger partial charge in [0.2, 0.25) is 0 Å². The maximum atomic E-state index is 8.76. The summed E-state index contributed by atoms with van der Waals surface area (Å²) in [5.74, 6) is 0.0903. The second kappa shape index (κ2) is 1.82. The predicted octanol–water partition coefficient (Wildman–Crippen LogP) is 1.41. The molecule has 1 aliphatic rings. The molecule has 42 valence electrons. The van der Waals surface area contributed by atoms with E-state index >= 15 is 0 Å². The molecule has 0 radical (unpaired) electrons. The molecule has 1 aliphatic carbocycles. The quantitative estimate of drug-likeness (QED) is 0.485. The van der Waals surface area contributed by atoms with Crippen LogP contribution in [0.3, 0.4) is 0 Å². The van der Waals surface area contributed by atoms with Crippen LogP contribution in [0.25, 0.3) is 0 Å². The van der Waals surface area contributed by atoms with Gasteiger partial charge in [-0.3, -0.25) is 5.41 Å². The van der Waals surface area contributed by atoms with Gasteiger partial charge in [0.05, 0.1) is 5.71 Å². The summed E-state index contributed by atoms with van der Waals surface area (Å²) in [6.45, 7) is 0. The summed E-state index contributed by atoms with van der Waals surface area (Å²) < 4.78 is 0. The smallest absolute Gasteiger partial charge is 0.136 e. The standard InChI is InChI=1S/C6H7NO/c7-5-3-1-2-4-6(5)8/h1,3-4,7-8H,2H2. The second-order valence-corrected chi connectivity index (χ2v) is 1.64. The highest BCUT2D eigenvalue weighted by atomic mass is 16.3. The zero-order valence-electron chi connectivity index (χ0n) is 4.39. The van der Waals surface area contributed by atoms with Gasteiger partial charge >= 0.3 is 0 Å². The fourth-order valence-corrected chi connectivity index (χ4v) is 0.561. The molecule has 0 spiro atoms. The highest BCUT2D eigenvalue weighted by molar-refractivity contribution is 6.04.